The van der Waals surface area contributed by atoms with Crippen LogP contribution in [0.2, 0.25) is 0 Å². The fourth-order valence-corrected chi connectivity index (χ4v) is 4.20. The zero-order valence-corrected chi connectivity index (χ0v) is 20.7. The van der Waals surface area contributed by atoms with Crippen LogP contribution in [0.5, 0.6) is 23.0 Å². The molecule has 0 aliphatic heterocycles. The van der Waals surface area contributed by atoms with Crippen LogP contribution >= 0.6 is 0 Å². The molecule has 0 aliphatic carbocycles. The van der Waals surface area contributed by atoms with Crippen LogP contribution in [0, 0.1) is 10.1 Å². The van der Waals surface area contributed by atoms with Gasteiger partial charge < -0.3 is 18.9 Å². The molecule has 190 valence electrons. The maximum Gasteiger partial charge on any atom is 0.295 e. The Labute approximate surface area is 207 Å². The monoisotopic (exact) mass is 516 g/mol. The van der Waals surface area contributed by atoms with Crippen molar-refractivity contribution in [3.8, 4) is 23.0 Å². The van der Waals surface area contributed by atoms with E-state index >= 15 is 0 Å². The van der Waals surface area contributed by atoms with Crippen LogP contribution < -0.4 is 29.1 Å². The Morgan fingerprint density at radius 3 is 2.00 bits per heavy atom. The van der Waals surface area contributed by atoms with E-state index < -0.39 is 20.6 Å². The number of nitro benzene ring substituents is 1. The first kappa shape index (κ1) is 26.1. The first-order valence-electron chi connectivity index (χ1n) is 10.3. The van der Waals surface area contributed by atoms with Crippen molar-refractivity contribution in [1.29, 1.82) is 0 Å². The van der Waals surface area contributed by atoms with Crippen LogP contribution in [0.1, 0.15) is 5.56 Å². The highest BCUT2D eigenvalue weighted by Gasteiger charge is 2.22. The van der Waals surface area contributed by atoms with Gasteiger partial charge in [-0.1, -0.05) is 0 Å². The van der Waals surface area contributed by atoms with Crippen molar-refractivity contribution in [3.05, 3.63) is 70.3 Å². The van der Waals surface area contributed by atoms with Crippen LogP contribution in [0.3, 0.4) is 0 Å². The third kappa shape index (κ3) is 5.93. The van der Waals surface area contributed by atoms with E-state index in [0.29, 0.717) is 28.6 Å². The molecule has 0 radical (unpaired) electrons. The number of nitrogens with one attached hydrogen (secondary N) is 2. The molecule has 0 saturated heterocycles. The van der Waals surface area contributed by atoms with Crippen LogP contribution in [0.4, 0.5) is 17.1 Å². The van der Waals surface area contributed by atoms with E-state index in [1.807, 2.05) is 0 Å². The normalized spacial score (nSPS) is 11.1. The highest BCUT2D eigenvalue weighted by atomic mass is 32.2. The van der Waals surface area contributed by atoms with Crippen molar-refractivity contribution < 1.29 is 32.3 Å². The molecule has 12 nitrogen and oxygen atoms in total. The average molecular weight is 517 g/mol. The van der Waals surface area contributed by atoms with E-state index in [2.05, 4.69) is 15.2 Å². The average Bonchev–Trinajstić information content (AvgIpc) is 2.88. The lowest BCUT2D eigenvalue weighted by Crippen LogP contribution is -2.13. The zero-order chi connectivity index (χ0) is 26.3. The number of methoxy groups -OCH3 is 4. The predicted molar refractivity (Wildman–Crippen MR) is 134 cm³/mol. The van der Waals surface area contributed by atoms with Gasteiger partial charge in [0.05, 0.1) is 50.0 Å². The summed E-state index contributed by atoms with van der Waals surface area (Å²) < 4.78 is 48.9. The molecule has 3 aromatic rings. The lowest BCUT2D eigenvalue weighted by atomic mass is 10.2. The van der Waals surface area contributed by atoms with E-state index in [0.717, 1.165) is 6.07 Å². The van der Waals surface area contributed by atoms with E-state index in [1.54, 1.807) is 24.3 Å². The molecular formula is C23H24N4O8S. The Bertz CT molecular complexity index is 1350. The minimum atomic E-state index is -4.10. The number of anilines is 2. The molecule has 0 spiro atoms. The van der Waals surface area contributed by atoms with Crippen molar-refractivity contribution in [2.75, 3.05) is 38.6 Å². The van der Waals surface area contributed by atoms with Crippen molar-refractivity contribution in [1.82, 2.24) is 0 Å². The Balaban J connectivity index is 1.87. The van der Waals surface area contributed by atoms with Gasteiger partial charge in [-0.05, 0) is 36.4 Å². The SMILES string of the molecule is COc1ccc(NS(=O)(=O)c2ccc(NN=Cc3c(OC)cc(OC)cc3OC)c([N+](=O)[O-])c2)cc1. The molecule has 3 aromatic carbocycles. The number of sulfonamides is 1. The lowest BCUT2D eigenvalue weighted by molar-refractivity contribution is -0.384. The summed E-state index contributed by atoms with van der Waals surface area (Å²) >= 11 is 0. The Hall–Kier alpha value is -4.52. The summed E-state index contributed by atoms with van der Waals surface area (Å²) in [5.74, 6) is 1.86. The Morgan fingerprint density at radius 1 is 0.861 bits per heavy atom. The molecule has 36 heavy (non-hydrogen) atoms. The minimum absolute atomic E-state index is 0.0221. The van der Waals surface area contributed by atoms with Gasteiger partial charge in [0.2, 0.25) is 0 Å². The number of benzene rings is 3. The van der Waals surface area contributed by atoms with Crippen molar-refractivity contribution in [3.63, 3.8) is 0 Å². The minimum Gasteiger partial charge on any atom is -0.497 e. The van der Waals surface area contributed by atoms with E-state index in [4.69, 9.17) is 18.9 Å². The summed E-state index contributed by atoms with van der Waals surface area (Å²) in [5, 5.41) is 15.7. The van der Waals surface area contributed by atoms with Gasteiger partial charge >= 0.3 is 0 Å². The first-order valence-corrected chi connectivity index (χ1v) is 11.7. The van der Waals surface area contributed by atoms with Gasteiger partial charge in [-0.15, -0.1) is 0 Å². The molecule has 0 amide bonds. The highest BCUT2D eigenvalue weighted by Crippen LogP contribution is 2.33. The third-order valence-electron chi connectivity index (χ3n) is 4.95. The lowest BCUT2D eigenvalue weighted by Gasteiger charge is -2.12. The van der Waals surface area contributed by atoms with Crippen molar-refractivity contribution in [2.45, 2.75) is 4.90 Å². The molecule has 0 atom stereocenters. The summed E-state index contributed by atoms with van der Waals surface area (Å²) in [6.07, 6.45) is 1.36. The molecule has 2 N–H and O–H groups in total. The van der Waals surface area contributed by atoms with Gasteiger partial charge in [0.15, 0.2) is 0 Å². The van der Waals surface area contributed by atoms with Crippen LogP contribution in [0.25, 0.3) is 0 Å². The molecule has 0 heterocycles. The number of nitrogens with zero attached hydrogens (tertiary/aromatic N) is 2. The van der Waals surface area contributed by atoms with E-state index in [1.165, 1.54) is 58.9 Å². The summed E-state index contributed by atoms with van der Waals surface area (Å²) in [5.41, 5.74) is 2.79. The maximum atomic E-state index is 12.8. The molecule has 0 fully saturated rings. The summed E-state index contributed by atoms with van der Waals surface area (Å²) in [6.45, 7) is 0. The van der Waals surface area contributed by atoms with Crippen LogP contribution in [0.15, 0.2) is 64.6 Å². The molecule has 0 saturated carbocycles. The molecular weight excluding hydrogens is 492 g/mol. The van der Waals surface area contributed by atoms with E-state index in [9.17, 15) is 18.5 Å². The third-order valence-corrected chi connectivity index (χ3v) is 6.33. The van der Waals surface area contributed by atoms with Crippen LogP contribution in [-0.4, -0.2) is 48.0 Å². The summed E-state index contributed by atoms with van der Waals surface area (Å²) in [6, 6.07) is 12.9. The molecule has 0 unspecified atom stereocenters. The fraction of sp³-hybridized carbons (Fsp3) is 0.174. The van der Waals surface area contributed by atoms with E-state index in [-0.39, 0.29) is 16.3 Å². The van der Waals surface area contributed by atoms with Gasteiger partial charge in [-0.2, -0.15) is 5.10 Å². The summed E-state index contributed by atoms with van der Waals surface area (Å²) in [7, 11) is 1.81. The fourth-order valence-electron chi connectivity index (χ4n) is 3.12. The molecule has 0 aliphatic rings. The number of rotatable bonds is 11. The molecule has 0 aromatic heterocycles. The standard InChI is InChI=1S/C23H24N4O8S/c1-32-16-7-5-15(6-8-16)26-36(30,31)18-9-10-20(21(13-18)27(28)29)25-24-14-19-22(34-3)11-17(33-2)12-23(19)35-4/h5-14,25-26H,1-4H3. The summed E-state index contributed by atoms with van der Waals surface area (Å²) in [4.78, 5) is 10.7. The quantitative estimate of drug-likeness (QED) is 0.220. The largest absolute Gasteiger partial charge is 0.497 e. The van der Waals surface area contributed by atoms with Gasteiger partial charge in [0, 0.05) is 23.9 Å². The number of nitro groups is 1. The maximum absolute atomic E-state index is 12.8. The van der Waals surface area contributed by atoms with Gasteiger partial charge in [0.1, 0.15) is 28.7 Å². The Kier molecular flexibility index (Phi) is 8.17. The number of hydrogen-bond donors (Lipinski definition) is 2. The topological polar surface area (TPSA) is 151 Å². The second kappa shape index (κ2) is 11.3. The predicted octanol–water partition coefficient (Wildman–Crippen LogP) is 3.88. The number of ether oxygens (including phenoxy) is 4. The number of hydrazone groups is 1. The van der Waals surface area contributed by atoms with Gasteiger partial charge in [-0.25, -0.2) is 8.42 Å². The Morgan fingerprint density at radius 2 is 1.47 bits per heavy atom. The van der Waals surface area contributed by atoms with Crippen molar-refractivity contribution in [2.24, 2.45) is 5.10 Å². The zero-order valence-electron chi connectivity index (χ0n) is 19.8. The molecule has 0 bridgehead atoms. The first-order chi connectivity index (χ1) is 17.2. The van der Waals surface area contributed by atoms with Gasteiger partial charge in [0.25, 0.3) is 15.7 Å². The smallest absolute Gasteiger partial charge is 0.295 e. The number of hydrogen-bond acceptors (Lipinski definition) is 10. The van der Waals surface area contributed by atoms with Gasteiger partial charge in [-0.3, -0.25) is 20.3 Å². The van der Waals surface area contributed by atoms with Crippen molar-refractivity contribution >= 4 is 33.3 Å². The second-order valence-corrected chi connectivity index (χ2v) is 8.77. The second-order valence-electron chi connectivity index (χ2n) is 7.09. The molecule has 3 rings (SSSR count). The highest BCUT2D eigenvalue weighted by molar-refractivity contribution is 7.92. The van der Waals surface area contributed by atoms with Crippen LogP contribution in [-0.2, 0) is 10.0 Å². The molecule has 13 heteroatoms.